The van der Waals surface area contributed by atoms with Gasteiger partial charge in [-0.2, -0.15) is 0 Å². The topological polar surface area (TPSA) is 58.2 Å². The molecule has 1 saturated carbocycles. The Balaban J connectivity index is 2.33. The maximum absolute atomic E-state index is 11.8. The maximum atomic E-state index is 11.8. The van der Waals surface area contributed by atoms with Crippen LogP contribution in [0.1, 0.15) is 46.0 Å². The highest BCUT2D eigenvalue weighted by molar-refractivity contribution is 7.89. The smallest absolute Gasteiger partial charge is 0.211 e. The summed E-state index contributed by atoms with van der Waals surface area (Å²) < 4.78 is 26.5. The summed E-state index contributed by atoms with van der Waals surface area (Å²) in [7, 11) is -1.10. The van der Waals surface area contributed by atoms with Crippen LogP contribution in [-0.4, -0.2) is 33.3 Å². The molecule has 0 amide bonds. The first kappa shape index (κ1) is 14.9. The van der Waals surface area contributed by atoms with Gasteiger partial charge in [-0.25, -0.2) is 13.1 Å². The predicted molar refractivity (Wildman–Crippen MR) is 71.5 cm³/mol. The Hall–Kier alpha value is -0.130. The summed E-state index contributed by atoms with van der Waals surface area (Å²) in [4.78, 5) is 0. The van der Waals surface area contributed by atoms with E-state index in [1.54, 1.807) is 0 Å². The molecule has 0 aromatic heterocycles. The Labute approximate surface area is 106 Å². The van der Waals surface area contributed by atoms with Crippen LogP contribution in [0, 0.1) is 5.92 Å². The fourth-order valence-electron chi connectivity index (χ4n) is 2.20. The molecule has 1 fully saturated rings. The molecule has 5 heteroatoms. The summed E-state index contributed by atoms with van der Waals surface area (Å²) in [6, 6.07) is 0.711. The van der Waals surface area contributed by atoms with Gasteiger partial charge in [-0.05, 0) is 45.1 Å². The summed E-state index contributed by atoms with van der Waals surface area (Å²) in [6.45, 7) is 4.10. The van der Waals surface area contributed by atoms with E-state index in [-0.39, 0.29) is 11.8 Å². The summed E-state index contributed by atoms with van der Waals surface area (Å²) >= 11 is 0. The quantitative estimate of drug-likeness (QED) is 0.762. The fraction of sp³-hybridized carbons (Fsp3) is 1.00. The van der Waals surface area contributed by atoms with Gasteiger partial charge in [0.25, 0.3) is 0 Å². The molecule has 2 N–H and O–H groups in total. The van der Waals surface area contributed by atoms with Gasteiger partial charge >= 0.3 is 0 Å². The Morgan fingerprint density at radius 2 is 1.65 bits per heavy atom. The molecule has 17 heavy (non-hydrogen) atoms. The van der Waals surface area contributed by atoms with E-state index >= 15 is 0 Å². The minimum atomic E-state index is -3.07. The monoisotopic (exact) mass is 262 g/mol. The van der Waals surface area contributed by atoms with Crippen LogP contribution in [0.2, 0.25) is 0 Å². The van der Waals surface area contributed by atoms with E-state index in [4.69, 9.17) is 0 Å². The predicted octanol–water partition coefficient (Wildman–Crippen LogP) is 1.48. The third-order valence-electron chi connectivity index (χ3n) is 3.45. The molecule has 1 aliphatic rings. The van der Waals surface area contributed by atoms with E-state index in [0.717, 1.165) is 32.1 Å². The van der Waals surface area contributed by atoms with Gasteiger partial charge in [0.05, 0.1) is 5.75 Å². The fourth-order valence-corrected chi connectivity index (χ4v) is 3.85. The molecule has 0 spiro atoms. The highest BCUT2D eigenvalue weighted by atomic mass is 32.2. The first-order valence-electron chi connectivity index (χ1n) is 6.60. The number of hydrogen-bond donors (Lipinski definition) is 2. The molecule has 0 saturated heterocycles. The third-order valence-corrected chi connectivity index (χ3v) is 4.91. The summed E-state index contributed by atoms with van der Waals surface area (Å²) in [5.41, 5.74) is 0. The van der Waals surface area contributed by atoms with Gasteiger partial charge in [-0.15, -0.1) is 0 Å². The first-order chi connectivity index (χ1) is 7.93. The second kappa shape index (κ2) is 6.71. The van der Waals surface area contributed by atoms with Crippen LogP contribution >= 0.6 is 0 Å². The standard InChI is InChI=1S/C12H26N2O2S/c1-10(2)8-9-17(15,16)14-12-6-4-11(13-3)5-7-12/h10-14H,4-9H2,1-3H3. The summed E-state index contributed by atoms with van der Waals surface area (Å²) in [5, 5.41) is 3.25. The molecular formula is C12H26N2O2S. The van der Waals surface area contributed by atoms with Gasteiger partial charge in [-0.1, -0.05) is 13.8 Å². The molecule has 0 atom stereocenters. The van der Waals surface area contributed by atoms with Crippen LogP contribution < -0.4 is 10.0 Å². The minimum absolute atomic E-state index is 0.150. The molecule has 102 valence electrons. The second-order valence-electron chi connectivity index (χ2n) is 5.46. The molecule has 4 nitrogen and oxygen atoms in total. The van der Waals surface area contributed by atoms with Crippen molar-refractivity contribution in [3.8, 4) is 0 Å². The lowest BCUT2D eigenvalue weighted by Gasteiger charge is -2.28. The Kier molecular flexibility index (Phi) is 5.89. The molecule has 0 radical (unpaired) electrons. The lowest BCUT2D eigenvalue weighted by atomic mass is 9.92. The molecular weight excluding hydrogens is 236 g/mol. The number of hydrogen-bond acceptors (Lipinski definition) is 3. The van der Waals surface area contributed by atoms with Crippen molar-refractivity contribution in [3.05, 3.63) is 0 Å². The number of sulfonamides is 1. The molecule has 0 heterocycles. The third kappa shape index (κ3) is 5.84. The highest BCUT2D eigenvalue weighted by Crippen LogP contribution is 2.19. The Bertz CT molecular complexity index is 306. The van der Waals surface area contributed by atoms with Gasteiger partial charge < -0.3 is 5.32 Å². The van der Waals surface area contributed by atoms with Crippen LogP contribution in [0.5, 0.6) is 0 Å². The molecule has 0 aromatic carbocycles. The van der Waals surface area contributed by atoms with Crippen molar-refractivity contribution in [1.29, 1.82) is 0 Å². The molecule has 0 aromatic rings. The van der Waals surface area contributed by atoms with Crippen molar-refractivity contribution in [2.75, 3.05) is 12.8 Å². The SMILES string of the molecule is CNC1CCC(NS(=O)(=O)CCC(C)C)CC1. The molecule has 0 bridgehead atoms. The maximum Gasteiger partial charge on any atom is 0.211 e. The van der Waals surface area contributed by atoms with E-state index in [9.17, 15) is 8.42 Å². The first-order valence-corrected chi connectivity index (χ1v) is 8.25. The second-order valence-corrected chi connectivity index (χ2v) is 7.33. The average Bonchev–Trinajstić information content (AvgIpc) is 2.27. The van der Waals surface area contributed by atoms with Gasteiger partial charge in [0.2, 0.25) is 10.0 Å². The van der Waals surface area contributed by atoms with Crippen LogP contribution in [0.4, 0.5) is 0 Å². The van der Waals surface area contributed by atoms with Crippen LogP contribution in [0.15, 0.2) is 0 Å². The minimum Gasteiger partial charge on any atom is -0.317 e. The van der Waals surface area contributed by atoms with Gasteiger partial charge in [0.1, 0.15) is 0 Å². The van der Waals surface area contributed by atoms with E-state index in [2.05, 4.69) is 10.0 Å². The Morgan fingerprint density at radius 1 is 1.12 bits per heavy atom. The van der Waals surface area contributed by atoms with Crippen molar-refractivity contribution in [2.45, 2.75) is 58.0 Å². The van der Waals surface area contributed by atoms with Crippen molar-refractivity contribution in [2.24, 2.45) is 5.92 Å². The van der Waals surface area contributed by atoms with Crippen LogP contribution in [0.3, 0.4) is 0 Å². The van der Waals surface area contributed by atoms with E-state index < -0.39 is 10.0 Å². The van der Waals surface area contributed by atoms with E-state index in [1.165, 1.54) is 0 Å². The Morgan fingerprint density at radius 3 is 2.12 bits per heavy atom. The summed E-state index contributed by atoms with van der Waals surface area (Å²) in [5.74, 6) is 0.697. The lowest BCUT2D eigenvalue weighted by molar-refractivity contribution is 0.342. The van der Waals surface area contributed by atoms with E-state index in [0.29, 0.717) is 12.0 Å². The number of rotatable bonds is 6. The molecule has 1 aliphatic carbocycles. The zero-order valence-corrected chi connectivity index (χ0v) is 12.0. The van der Waals surface area contributed by atoms with Gasteiger partial charge in [0, 0.05) is 12.1 Å². The van der Waals surface area contributed by atoms with Crippen LogP contribution in [0.25, 0.3) is 0 Å². The zero-order valence-electron chi connectivity index (χ0n) is 11.2. The van der Waals surface area contributed by atoms with Crippen LogP contribution in [-0.2, 0) is 10.0 Å². The molecule has 0 aliphatic heterocycles. The largest absolute Gasteiger partial charge is 0.317 e. The molecule has 0 unspecified atom stereocenters. The number of nitrogens with one attached hydrogen (secondary N) is 2. The van der Waals surface area contributed by atoms with Crippen molar-refractivity contribution >= 4 is 10.0 Å². The van der Waals surface area contributed by atoms with Gasteiger partial charge in [0.15, 0.2) is 0 Å². The van der Waals surface area contributed by atoms with Crippen molar-refractivity contribution in [3.63, 3.8) is 0 Å². The van der Waals surface area contributed by atoms with E-state index in [1.807, 2.05) is 20.9 Å². The van der Waals surface area contributed by atoms with Crippen molar-refractivity contribution in [1.82, 2.24) is 10.0 Å². The zero-order chi connectivity index (χ0) is 12.9. The summed E-state index contributed by atoms with van der Waals surface area (Å²) in [6.07, 6.45) is 4.77. The molecule has 1 rings (SSSR count). The highest BCUT2D eigenvalue weighted by Gasteiger charge is 2.23. The van der Waals surface area contributed by atoms with Crippen molar-refractivity contribution < 1.29 is 8.42 Å². The normalized spacial score (nSPS) is 26.4. The average molecular weight is 262 g/mol. The lowest BCUT2D eigenvalue weighted by Crippen LogP contribution is -2.42. The van der Waals surface area contributed by atoms with Gasteiger partial charge in [-0.3, -0.25) is 0 Å².